The Morgan fingerprint density at radius 2 is 2.30 bits per heavy atom. The van der Waals surface area contributed by atoms with Crippen LogP contribution in [0.2, 0.25) is 0 Å². The van der Waals surface area contributed by atoms with Gasteiger partial charge in [-0.1, -0.05) is 13.8 Å². The molecule has 2 aromatic heterocycles. The van der Waals surface area contributed by atoms with Crippen molar-refractivity contribution in [2.24, 2.45) is 5.92 Å². The van der Waals surface area contributed by atoms with Gasteiger partial charge in [-0.15, -0.1) is 11.3 Å². The average Bonchev–Trinajstić information content (AvgIpc) is 2.94. The second kappa shape index (κ2) is 6.37. The fraction of sp³-hybridized carbons (Fsp3) is 0.571. The van der Waals surface area contributed by atoms with E-state index in [0.717, 1.165) is 22.8 Å². The second-order valence-corrected chi connectivity index (χ2v) is 6.16. The number of hydrogen-bond acceptors (Lipinski definition) is 5. The maximum Gasteiger partial charge on any atom is 0.322 e. The summed E-state index contributed by atoms with van der Waals surface area (Å²) < 4.78 is 6.93. The third kappa shape index (κ3) is 3.19. The molecule has 0 saturated heterocycles. The van der Waals surface area contributed by atoms with E-state index in [4.69, 9.17) is 4.74 Å². The summed E-state index contributed by atoms with van der Waals surface area (Å²) in [6, 6.07) is -0.274. The maximum absolute atomic E-state index is 11.8. The van der Waals surface area contributed by atoms with Crippen molar-refractivity contribution in [1.82, 2.24) is 14.7 Å². The van der Waals surface area contributed by atoms with Crippen molar-refractivity contribution >= 4 is 22.3 Å². The van der Waals surface area contributed by atoms with Crippen LogP contribution in [0.15, 0.2) is 11.6 Å². The van der Waals surface area contributed by atoms with Crippen LogP contribution in [0.25, 0.3) is 4.96 Å². The van der Waals surface area contributed by atoms with Gasteiger partial charge in [-0.2, -0.15) is 0 Å². The summed E-state index contributed by atoms with van der Waals surface area (Å²) in [4.78, 5) is 17.3. The van der Waals surface area contributed by atoms with Gasteiger partial charge in [-0.05, 0) is 19.3 Å². The molecule has 0 radical (unpaired) electrons. The average molecular weight is 295 g/mol. The zero-order valence-corrected chi connectivity index (χ0v) is 13.2. The number of nitrogens with zero attached hydrogens (tertiary/aromatic N) is 2. The Labute approximate surface area is 123 Å². The third-order valence-electron chi connectivity index (χ3n) is 3.27. The number of carbonyl (C=O) groups excluding carboxylic acids is 1. The van der Waals surface area contributed by atoms with Crippen molar-refractivity contribution in [2.45, 2.75) is 39.8 Å². The number of aromatic nitrogens is 2. The monoisotopic (exact) mass is 295 g/mol. The molecule has 0 aliphatic carbocycles. The molecule has 0 saturated carbocycles. The summed E-state index contributed by atoms with van der Waals surface area (Å²) in [5, 5.41) is 5.31. The van der Waals surface area contributed by atoms with E-state index in [-0.39, 0.29) is 12.0 Å². The number of rotatable bonds is 6. The van der Waals surface area contributed by atoms with Gasteiger partial charge in [0, 0.05) is 18.1 Å². The van der Waals surface area contributed by atoms with Crippen LogP contribution in [0.4, 0.5) is 0 Å². The lowest BCUT2D eigenvalue weighted by molar-refractivity contribution is -0.143. The zero-order chi connectivity index (χ0) is 14.7. The highest BCUT2D eigenvalue weighted by molar-refractivity contribution is 7.15. The smallest absolute Gasteiger partial charge is 0.322 e. The van der Waals surface area contributed by atoms with Gasteiger partial charge >= 0.3 is 5.97 Å². The van der Waals surface area contributed by atoms with E-state index in [0.29, 0.717) is 12.5 Å². The molecule has 20 heavy (non-hydrogen) atoms. The van der Waals surface area contributed by atoms with E-state index >= 15 is 0 Å². The quantitative estimate of drug-likeness (QED) is 0.831. The highest BCUT2D eigenvalue weighted by Crippen LogP contribution is 2.17. The molecule has 1 N–H and O–H groups in total. The fourth-order valence-corrected chi connectivity index (χ4v) is 3.03. The van der Waals surface area contributed by atoms with Crippen LogP contribution < -0.4 is 5.32 Å². The van der Waals surface area contributed by atoms with Gasteiger partial charge in [0.05, 0.1) is 18.5 Å². The van der Waals surface area contributed by atoms with Crippen LogP contribution in [0.3, 0.4) is 0 Å². The number of esters is 1. The third-order valence-corrected chi connectivity index (χ3v) is 4.03. The van der Waals surface area contributed by atoms with E-state index in [2.05, 4.69) is 28.5 Å². The van der Waals surface area contributed by atoms with Crippen LogP contribution in [-0.4, -0.2) is 28.5 Å². The van der Waals surface area contributed by atoms with Crippen molar-refractivity contribution in [3.05, 3.63) is 23.0 Å². The first-order valence-electron chi connectivity index (χ1n) is 6.75. The predicted octanol–water partition coefficient (Wildman–Crippen LogP) is 2.38. The van der Waals surface area contributed by atoms with Crippen LogP contribution in [-0.2, 0) is 16.1 Å². The Morgan fingerprint density at radius 3 is 2.95 bits per heavy atom. The minimum atomic E-state index is -0.274. The molecule has 1 unspecified atom stereocenters. The Hall–Kier alpha value is -1.40. The molecule has 5 nitrogen and oxygen atoms in total. The number of methoxy groups -OCH3 is 1. The molecule has 0 bridgehead atoms. The molecule has 0 spiro atoms. The summed E-state index contributed by atoms with van der Waals surface area (Å²) in [6.07, 6.45) is 2.77. The minimum absolute atomic E-state index is 0.206. The van der Waals surface area contributed by atoms with Gasteiger partial charge < -0.3 is 4.74 Å². The summed E-state index contributed by atoms with van der Waals surface area (Å²) in [5.41, 5.74) is 2.09. The van der Waals surface area contributed by atoms with Gasteiger partial charge in [0.25, 0.3) is 0 Å². The zero-order valence-electron chi connectivity index (χ0n) is 12.3. The van der Waals surface area contributed by atoms with Gasteiger partial charge in [0.15, 0.2) is 4.96 Å². The van der Waals surface area contributed by atoms with Gasteiger partial charge in [-0.3, -0.25) is 14.5 Å². The lowest BCUT2D eigenvalue weighted by atomic mass is 10.0. The van der Waals surface area contributed by atoms with E-state index in [1.165, 1.54) is 7.11 Å². The number of ether oxygens (including phenoxy) is 1. The molecular weight excluding hydrogens is 274 g/mol. The molecule has 0 amide bonds. The summed E-state index contributed by atoms with van der Waals surface area (Å²) in [6.45, 7) is 6.79. The lowest BCUT2D eigenvalue weighted by Gasteiger charge is -2.18. The molecule has 110 valence electrons. The van der Waals surface area contributed by atoms with E-state index in [1.807, 2.05) is 18.5 Å². The first kappa shape index (κ1) is 15.0. The molecule has 0 aliphatic heterocycles. The van der Waals surface area contributed by atoms with Crippen LogP contribution in [0.1, 0.15) is 31.7 Å². The van der Waals surface area contributed by atoms with Crippen molar-refractivity contribution in [3.63, 3.8) is 0 Å². The van der Waals surface area contributed by atoms with Gasteiger partial charge in [0.1, 0.15) is 6.04 Å². The first-order chi connectivity index (χ1) is 9.52. The van der Waals surface area contributed by atoms with Crippen molar-refractivity contribution in [1.29, 1.82) is 0 Å². The van der Waals surface area contributed by atoms with Crippen molar-refractivity contribution in [2.75, 3.05) is 7.11 Å². The molecule has 0 fully saturated rings. The van der Waals surface area contributed by atoms with E-state index in [1.54, 1.807) is 11.3 Å². The Kier molecular flexibility index (Phi) is 4.77. The topological polar surface area (TPSA) is 55.6 Å². The standard InChI is InChI=1S/C14H21N3O2S/c1-9(2)7-11(13(18)19-4)15-8-12-10(3)16-14-17(12)5-6-20-14/h5-6,9,11,15H,7-8H2,1-4H3. The van der Waals surface area contributed by atoms with E-state index < -0.39 is 0 Å². The highest BCUT2D eigenvalue weighted by Gasteiger charge is 2.21. The number of fused-ring (bicyclic) bond motifs is 1. The molecule has 2 heterocycles. The van der Waals surface area contributed by atoms with Crippen molar-refractivity contribution < 1.29 is 9.53 Å². The van der Waals surface area contributed by atoms with Crippen LogP contribution >= 0.6 is 11.3 Å². The minimum Gasteiger partial charge on any atom is -0.468 e. The van der Waals surface area contributed by atoms with Crippen LogP contribution in [0, 0.1) is 12.8 Å². The lowest BCUT2D eigenvalue weighted by Crippen LogP contribution is -2.38. The Balaban J connectivity index is 2.10. The summed E-state index contributed by atoms with van der Waals surface area (Å²) >= 11 is 1.61. The van der Waals surface area contributed by atoms with E-state index in [9.17, 15) is 4.79 Å². The SMILES string of the molecule is COC(=O)C(CC(C)C)NCc1c(C)nc2sccn12. The number of aryl methyl sites for hydroxylation is 1. The fourth-order valence-electron chi connectivity index (χ4n) is 2.25. The van der Waals surface area contributed by atoms with Crippen LogP contribution in [0.5, 0.6) is 0 Å². The maximum atomic E-state index is 11.8. The molecule has 2 aromatic rings. The Bertz CT molecular complexity index is 588. The molecule has 1 atom stereocenters. The largest absolute Gasteiger partial charge is 0.468 e. The number of imidazole rings is 1. The number of carbonyl (C=O) groups is 1. The molecule has 2 rings (SSSR count). The number of hydrogen-bond donors (Lipinski definition) is 1. The predicted molar refractivity (Wildman–Crippen MR) is 79.9 cm³/mol. The summed E-state index contributed by atoms with van der Waals surface area (Å²) in [7, 11) is 1.43. The van der Waals surface area contributed by atoms with Gasteiger partial charge in [0.2, 0.25) is 0 Å². The molecular formula is C14H21N3O2S. The summed E-state index contributed by atoms with van der Waals surface area (Å²) in [5.74, 6) is 0.224. The molecule has 0 aromatic carbocycles. The number of thiazole rings is 1. The highest BCUT2D eigenvalue weighted by atomic mass is 32.1. The first-order valence-corrected chi connectivity index (χ1v) is 7.63. The Morgan fingerprint density at radius 1 is 1.55 bits per heavy atom. The number of nitrogens with one attached hydrogen (secondary N) is 1. The van der Waals surface area contributed by atoms with Gasteiger partial charge in [-0.25, -0.2) is 4.98 Å². The molecule has 6 heteroatoms. The second-order valence-electron chi connectivity index (χ2n) is 5.29. The normalized spacial score (nSPS) is 13.1. The van der Waals surface area contributed by atoms with Crippen molar-refractivity contribution in [3.8, 4) is 0 Å². The molecule has 0 aliphatic rings.